The van der Waals surface area contributed by atoms with Gasteiger partial charge in [0, 0.05) is 16.5 Å². The Bertz CT molecular complexity index is 717. The number of carbonyl (C=O) groups is 1. The molecule has 10 heteroatoms. The van der Waals surface area contributed by atoms with E-state index in [0.717, 1.165) is 12.1 Å². The topological polar surface area (TPSA) is 79.1 Å². The first kappa shape index (κ1) is 16.1. The number of H-pyrrole nitrogens is 1. The number of hydrogen-bond donors (Lipinski definition) is 3. The summed E-state index contributed by atoms with van der Waals surface area (Å²) in [6.07, 6.45) is -11.9. The normalized spacial score (nSPS) is 13.6. The predicted molar refractivity (Wildman–Crippen MR) is 62.8 cm³/mol. The molecule has 0 aliphatic carbocycles. The van der Waals surface area contributed by atoms with Crippen LogP contribution in [0.15, 0.2) is 24.3 Å². The summed E-state index contributed by atoms with van der Waals surface area (Å²) in [5, 5.41) is 9.15. The van der Waals surface area contributed by atoms with Gasteiger partial charge in [0.25, 0.3) is 11.5 Å². The lowest BCUT2D eigenvalue weighted by Crippen LogP contribution is -2.53. The quantitative estimate of drug-likeness (QED) is 0.742. The Morgan fingerprint density at radius 3 is 2.05 bits per heavy atom. The molecule has 4 nitrogen and oxygen atoms in total. The molecule has 0 saturated carbocycles. The van der Waals surface area contributed by atoms with E-state index in [-0.39, 0.29) is 16.6 Å². The second-order valence-electron chi connectivity index (χ2n) is 4.56. The lowest BCUT2D eigenvalue weighted by atomic mass is 9.91. The van der Waals surface area contributed by atoms with E-state index in [4.69, 9.17) is 5.73 Å². The first-order chi connectivity index (χ1) is 9.88. The Balaban J connectivity index is 2.68. The molecule has 22 heavy (non-hydrogen) atoms. The summed E-state index contributed by atoms with van der Waals surface area (Å²) < 4.78 is 76.6. The van der Waals surface area contributed by atoms with E-state index < -0.39 is 29.4 Å². The highest BCUT2D eigenvalue weighted by Gasteiger charge is 2.71. The van der Waals surface area contributed by atoms with Crippen LogP contribution < -0.4 is 5.73 Å². The van der Waals surface area contributed by atoms with Crippen molar-refractivity contribution in [1.82, 2.24) is 4.98 Å². The molecule has 2 aromatic rings. The number of carbonyl (C=O) groups excluding carboxylic acids is 1. The van der Waals surface area contributed by atoms with Crippen LogP contribution in [0.25, 0.3) is 10.9 Å². The van der Waals surface area contributed by atoms with E-state index in [1.165, 1.54) is 0 Å². The fraction of sp³-hybridized carbons (Fsp3) is 0.250. The zero-order chi connectivity index (χ0) is 16.9. The number of aliphatic hydroxyl groups is 1. The number of rotatable bonds is 2. The van der Waals surface area contributed by atoms with Crippen LogP contribution in [0, 0.1) is 0 Å². The molecule has 0 atom stereocenters. The van der Waals surface area contributed by atoms with Crippen LogP contribution in [-0.4, -0.2) is 28.4 Å². The highest BCUT2D eigenvalue weighted by Crippen LogP contribution is 2.50. The van der Waals surface area contributed by atoms with Gasteiger partial charge >= 0.3 is 12.4 Å². The monoisotopic (exact) mass is 326 g/mol. The molecule has 1 aromatic heterocycles. The molecule has 0 aliphatic rings. The molecular formula is C12H8F6N2O2. The Kier molecular flexibility index (Phi) is 3.40. The summed E-state index contributed by atoms with van der Waals surface area (Å²) >= 11 is 0. The molecule has 4 N–H and O–H groups in total. The Morgan fingerprint density at radius 1 is 1.05 bits per heavy atom. The fourth-order valence-corrected chi connectivity index (χ4v) is 1.98. The van der Waals surface area contributed by atoms with Crippen molar-refractivity contribution in [3.63, 3.8) is 0 Å². The van der Waals surface area contributed by atoms with Crippen molar-refractivity contribution in [2.75, 3.05) is 0 Å². The summed E-state index contributed by atoms with van der Waals surface area (Å²) in [6.45, 7) is 0. The zero-order valence-electron chi connectivity index (χ0n) is 10.5. The first-order valence-electron chi connectivity index (χ1n) is 5.67. The van der Waals surface area contributed by atoms with Gasteiger partial charge in [-0.1, -0.05) is 6.07 Å². The van der Waals surface area contributed by atoms with Crippen molar-refractivity contribution in [2.45, 2.75) is 18.0 Å². The van der Waals surface area contributed by atoms with Crippen LogP contribution in [0.5, 0.6) is 0 Å². The van der Waals surface area contributed by atoms with Gasteiger partial charge in [-0.25, -0.2) is 0 Å². The number of nitrogens with one attached hydrogen (secondary N) is 1. The van der Waals surface area contributed by atoms with Gasteiger partial charge in [-0.3, -0.25) is 4.79 Å². The maximum absolute atomic E-state index is 12.8. The number of aromatic amines is 1. The van der Waals surface area contributed by atoms with Crippen LogP contribution in [0.4, 0.5) is 26.3 Å². The number of hydrogen-bond acceptors (Lipinski definition) is 2. The maximum atomic E-state index is 12.8. The lowest BCUT2D eigenvalue weighted by Gasteiger charge is -2.32. The second-order valence-corrected chi connectivity index (χ2v) is 4.56. The molecule has 0 saturated heterocycles. The van der Waals surface area contributed by atoms with E-state index in [1.807, 2.05) is 0 Å². The van der Waals surface area contributed by atoms with Gasteiger partial charge in [0.15, 0.2) is 0 Å². The number of halogens is 6. The molecule has 0 bridgehead atoms. The number of alkyl halides is 6. The van der Waals surface area contributed by atoms with Crippen molar-refractivity contribution in [1.29, 1.82) is 0 Å². The van der Waals surface area contributed by atoms with E-state index in [2.05, 4.69) is 4.98 Å². The third-order valence-corrected chi connectivity index (χ3v) is 3.12. The number of fused-ring (bicyclic) bond motifs is 1. The van der Waals surface area contributed by atoms with Gasteiger partial charge in [0.1, 0.15) is 5.69 Å². The summed E-state index contributed by atoms with van der Waals surface area (Å²) in [6, 6.07) is 2.86. The van der Waals surface area contributed by atoms with Crippen LogP contribution in [0.2, 0.25) is 0 Å². The van der Waals surface area contributed by atoms with Crippen LogP contribution >= 0.6 is 0 Å². The van der Waals surface area contributed by atoms with E-state index in [1.54, 1.807) is 0 Å². The smallest absolute Gasteiger partial charge is 0.369 e. The summed E-state index contributed by atoms with van der Waals surface area (Å²) in [5.41, 5.74) is -1.55. The molecular weight excluding hydrogens is 318 g/mol. The highest BCUT2D eigenvalue weighted by atomic mass is 19.4. The Labute approximate surface area is 118 Å². The molecule has 2 rings (SSSR count). The summed E-state index contributed by atoms with van der Waals surface area (Å²) in [5.74, 6) is -0.931. The number of nitrogens with two attached hydrogens (primary N) is 1. The average molecular weight is 326 g/mol. The minimum Gasteiger partial charge on any atom is -0.369 e. The van der Waals surface area contributed by atoms with Gasteiger partial charge in [-0.2, -0.15) is 26.3 Å². The minimum atomic E-state index is -5.97. The zero-order valence-corrected chi connectivity index (χ0v) is 10.5. The lowest BCUT2D eigenvalue weighted by molar-refractivity contribution is -0.376. The number of benzene rings is 1. The van der Waals surface area contributed by atoms with Crippen LogP contribution in [0.1, 0.15) is 16.1 Å². The number of primary amides is 1. The SMILES string of the molecule is NC(=O)c1cc2cc(C(O)(C(F)(F)F)C(F)(F)F)ccc2[nH]1. The van der Waals surface area contributed by atoms with Crippen molar-refractivity contribution in [3.8, 4) is 0 Å². The standard InChI is InChI=1S/C12H8F6N2O2/c13-11(14,15)10(22,12(16,17)18)6-1-2-7-5(3-6)4-8(20-7)9(19)21/h1-4,20,22H,(H2,19,21). The van der Waals surface area contributed by atoms with Crippen molar-refractivity contribution in [2.24, 2.45) is 5.73 Å². The number of aromatic nitrogens is 1. The van der Waals surface area contributed by atoms with Crippen LogP contribution in [-0.2, 0) is 5.60 Å². The highest BCUT2D eigenvalue weighted by molar-refractivity contribution is 5.97. The molecule has 1 amide bonds. The van der Waals surface area contributed by atoms with Gasteiger partial charge in [0.2, 0.25) is 0 Å². The van der Waals surface area contributed by atoms with Gasteiger partial charge in [-0.05, 0) is 18.2 Å². The van der Waals surface area contributed by atoms with E-state index in [9.17, 15) is 36.2 Å². The van der Waals surface area contributed by atoms with Gasteiger partial charge in [0.05, 0.1) is 0 Å². The van der Waals surface area contributed by atoms with E-state index in [0.29, 0.717) is 12.1 Å². The third-order valence-electron chi connectivity index (χ3n) is 3.12. The summed E-state index contributed by atoms with van der Waals surface area (Å²) in [4.78, 5) is 13.4. The maximum Gasteiger partial charge on any atom is 0.430 e. The molecule has 1 heterocycles. The Morgan fingerprint density at radius 2 is 1.59 bits per heavy atom. The van der Waals surface area contributed by atoms with Crippen molar-refractivity contribution in [3.05, 3.63) is 35.5 Å². The molecule has 0 unspecified atom stereocenters. The molecule has 120 valence electrons. The molecule has 0 aliphatic heterocycles. The number of amides is 1. The average Bonchev–Trinajstić information content (AvgIpc) is 2.77. The van der Waals surface area contributed by atoms with Crippen LogP contribution in [0.3, 0.4) is 0 Å². The van der Waals surface area contributed by atoms with Crippen molar-refractivity contribution < 1.29 is 36.2 Å². The molecule has 0 spiro atoms. The minimum absolute atomic E-state index is 0.101. The molecule has 1 aromatic carbocycles. The first-order valence-corrected chi connectivity index (χ1v) is 5.67. The largest absolute Gasteiger partial charge is 0.430 e. The Hall–Kier alpha value is -2.23. The van der Waals surface area contributed by atoms with Gasteiger partial charge < -0.3 is 15.8 Å². The van der Waals surface area contributed by atoms with E-state index >= 15 is 0 Å². The summed E-state index contributed by atoms with van der Waals surface area (Å²) in [7, 11) is 0. The third kappa shape index (κ3) is 2.28. The molecule has 0 radical (unpaired) electrons. The van der Waals surface area contributed by atoms with Crippen molar-refractivity contribution >= 4 is 16.8 Å². The fourth-order valence-electron chi connectivity index (χ4n) is 1.98. The predicted octanol–water partition coefficient (Wildman–Crippen LogP) is 2.58. The second kappa shape index (κ2) is 4.63. The molecule has 0 fully saturated rings. The van der Waals surface area contributed by atoms with Gasteiger partial charge in [-0.15, -0.1) is 0 Å².